The molecule has 1 aliphatic rings. The Morgan fingerprint density at radius 3 is 1.18 bits per heavy atom. The van der Waals surface area contributed by atoms with Crippen LogP contribution in [-0.4, -0.2) is 47.1 Å². The van der Waals surface area contributed by atoms with E-state index in [9.17, 15) is 0 Å². The van der Waals surface area contributed by atoms with Gasteiger partial charge in [-0.2, -0.15) is 0 Å². The molecule has 2 nitrogen and oxygen atoms in total. The van der Waals surface area contributed by atoms with Gasteiger partial charge in [-0.15, -0.1) is 0 Å². The van der Waals surface area contributed by atoms with Crippen LogP contribution >= 0.6 is 0 Å². The van der Waals surface area contributed by atoms with Crippen LogP contribution in [0.4, 0.5) is 0 Å². The van der Waals surface area contributed by atoms with Crippen molar-refractivity contribution in [2.45, 2.75) is 226 Å². The van der Waals surface area contributed by atoms with E-state index in [1.807, 2.05) is 0 Å². The summed E-state index contributed by atoms with van der Waals surface area (Å²) in [6.07, 6.45) is 35.6. The maximum Gasteiger partial charge on any atom is 0.0226 e. The smallest absolute Gasteiger partial charge is 0.0226 e. The van der Waals surface area contributed by atoms with Gasteiger partial charge in [0.2, 0.25) is 0 Å². The van der Waals surface area contributed by atoms with Crippen molar-refractivity contribution in [3.8, 4) is 0 Å². The van der Waals surface area contributed by atoms with Crippen molar-refractivity contribution in [3.05, 3.63) is 0 Å². The van der Waals surface area contributed by atoms with Gasteiger partial charge in [0.25, 0.3) is 0 Å². The maximum absolute atomic E-state index is 3.07. The zero-order chi connectivity index (χ0) is 28.6. The summed E-state index contributed by atoms with van der Waals surface area (Å²) >= 11 is 0. The molecule has 1 fully saturated rings. The number of hydrogen-bond acceptors (Lipinski definition) is 2. The van der Waals surface area contributed by atoms with E-state index in [2.05, 4.69) is 51.3 Å². The van der Waals surface area contributed by atoms with Crippen molar-refractivity contribution in [3.63, 3.8) is 0 Å². The predicted octanol–water partition coefficient (Wildman–Crippen LogP) is 12.0. The number of nitrogens with zero attached hydrogens (tertiary/aromatic N) is 2. The molecule has 2 heteroatoms. The van der Waals surface area contributed by atoms with Crippen molar-refractivity contribution >= 4 is 0 Å². The first-order valence-corrected chi connectivity index (χ1v) is 18.6. The zero-order valence-corrected chi connectivity index (χ0v) is 28.3. The van der Waals surface area contributed by atoms with Crippen LogP contribution in [0.5, 0.6) is 0 Å². The van der Waals surface area contributed by atoms with E-state index in [1.54, 1.807) is 0 Å². The predicted molar refractivity (Wildman–Crippen MR) is 178 cm³/mol. The molecule has 0 bridgehead atoms. The van der Waals surface area contributed by atoms with Crippen LogP contribution in [0.25, 0.3) is 0 Å². The van der Waals surface area contributed by atoms with Crippen LogP contribution in [0.3, 0.4) is 0 Å². The van der Waals surface area contributed by atoms with Crippen LogP contribution in [0.2, 0.25) is 0 Å². The first-order chi connectivity index (χ1) is 19.1. The molecule has 1 saturated heterocycles. The average Bonchev–Trinajstić information content (AvgIpc) is 2.94. The van der Waals surface area contributed by atoms with E-state index in [1.165, 1.54) is 174 Å². The van der Waals surface area contributed by atoms with Crippen molar-refractivity contribution in [2.75, 3.05) is 13.1 Å². The summed E-state index contributed by atoms with van der Waals surface area (Å²) in [6.45, 7) is 17.1. The number of piperazine rings is 1. The molecule has 0 saturated carbocycles. The van der Waals surface area contributed by atoms with Gasteiger partial charge in [0.15, 0.2) is 0 Å². The number of hydrogen-bond donors (Lipinski definition) is 0. The Hall–Kier alpha value is -0.0800. The van der Waals surface area contributed by atoms with E-state index >= 15 is 0 Å². The van der Waals surface area contributed by atoms with Crippen LogP contribution in [-0.2, 0) is 0 Å². The molecular formula is C37H76N2. The summed E-state index contributed by atoms with van der Waals surface area (Å²) in [4.78, 5) is 6.06. The Kier molecular flexibility index (Phi) is 24.3. The Morgan fingerprint density at radius 2 is 0.821 bits per heavy atom. The van der Waals surface area contributed by atoms with Gasteiger partial charge in [0, 0.05) is 37.3 Å². The normalized spacial score (nSPS) is 19.1. The largest absolute Gasteiger partial charge is 0.297 e. The third kappa shape index (κ3) is 16.8. The van der Waals surface area contributed by atoms with E-state index < -0.39 is 0 Å². The topological polar surface area (TPSA) is 6.48 Å². The van der Waals surface area contributed by atoms with Crippen molar-refractivity contribution in [1.82, 2.24) is 9.80 Å². The van der Waals surface area contributed by atoms with E-state index in [0.29, 0.717) is 6.04 Å². The summed E-state index contributed by atoms with van der Waals surface area (Å²) in [7, 11) is 0. The monoisotopic (exact) mass is 549 g/mol. The highest BCUT2D eigenvalue weighted by Gasteiger charge is 2.37. The molecule has 0 spiro atoms. The van der Waals surface area contributed by atoms with Gasteiger partial charge in [-0.25, -0.2) is 0 Å². The minimum Gasteiger partial charge on any atom is -0.297 e. The molecule has 2 atom stereocenters. The van der Waals surface area contributed by atoms with Crippen LogP contribution in [0.15, 0.2) is 0 Å². The molecule has 1 rings (SSSR count). The van der Waals surface area contributed by atoms with Crippen molar-refractivity contribution < 1.29 is 0 Å². The molecule has 39 heavy (non-hydrogen) atoms. The second kappa shape index (κ2) is 25.6. The maximum atomic E-state index is 3.07. The summed E-state index contributed by atoms with van der Waals surface area (Å²) in [5.74, 6) is 0. The van der Waals surface area contributed by atoms with Crippen LogP contribution < -0.4 is 0 Å². The molecule has 0 aromatic heterocycles. The second-order valence-corrected chi connectivity index (χ2v) is 13.4. The highest BCUT2D eigenvalue weighted by molar-refractivity contribution is 4.93. The van der Waals surface area contributed by atoms with Gasteiger partial charge >= 0.3 is 0 Å². The van der Waals surface area contributed by atoms with Crippen LogP contribution in [0, 0.1) is 0 Å². The number of rotatable bonds is 27. The molecule has 0 radical (unpaired) electrons. The van der Waals surface area contributed by atoms with Crippen LogP contribution in [0.1, 0.15) is 202 Å². The third-order valence-electron chi connectivity index (χ3n) is 9.85. The fourth-order valence-electron chi connectivity index (χ4n) is 7.42. The zero-order valence-electron chi connectivity index (χ0n) is 28.3. The number of unbranched alkanes of at least 4 members (excludes halogenated alkanes) is 16. The lowest BCUT2D eigenvalue weighted by Crippen LogP contribution is -2.62. The standard InChI is InChI=1S/C37H76N2/c1-7-12-16-20-24-28-36(29-25-21-17-13-8-2)38-32-34(6)39(35(11-5)33-38)37(30-26-22-18-14-9-3)31-27-23-19-15-10-4/h34-37H,7-33H2,1-6H3. The van der Waals surface area contributed by atoms with Crippen molar-refractivity contribution in [1.29, 1.82) is 0 Å². The van der Waals surface area contributed by atoms with Gasteiger partial charge in [0.1, 0.15) is 0 Å². The molecule has 0 N–H and O–H groups in total. The molecule has 0 aliphatic carbocycles. The molecule has 1 aliphatic heterocycles. The van der Waals surface area contributed by atoms with Gasteiger partial charge in [-0.3, -0.25) is 9.80 Å². The fraction of sp³-hybridized carbons (Fsp3) is 1.00. The molecular weight excluding hydrogens is 472 g/mol. The molecule has 0 amide bonds. The Balaban J connectivity index is 2.82. The van der Waals surface area contributed by atoms with Crippen molar-refractivity contribution in [2.24, 2.45) is 0 Å². The molecule has 0 aromatic carbocycles. The summed E-state index contributed by atoms with van der Waals surface area (Å²) in [5, 5.41) is 0. The molecule has 2 unspecified atom stereocenters. The average molecular weight is 549 g/mol. The minimum atomic E-state index is 0.711. The van der Waals surface area contributed by atoms with Gasteiger partial charge in [0.05, 0.1) is 0 Å². The van der Waals surface area contributed by atoms with E-state index in [-0.39, 0.29) is 0 Å². The molecule has 234 valence electrons. The lowest BCUT2D eigenvalue weighted by Gasteiger charge is -2.51. The summed E-state index contributed by atoms with van der Waals surface area (Å²) < 4.78 is 0. The molecule has 0 aromatic rings. The summed E-state index contributed by atoms with van der Waals surface area (Å²) in [5.41, 5.74) is 0. The van der Waals surface area contributed by atoms with E-state index in [4.69, 9.17) is 0 Å². The van der Waals surface area contributed by atoms with Gasteiger partial charge in [-0.05, 0) is 39.0 Å². The van der Waals surface area contributed by atoms with Gasteiger partial charge in [-0.1, -0.05) is 163 Å². The van der Waals surface area contributed by atoms with E-state index in [0.717, 1.165) is 18.1 Å². The highest BCUT2D eigenvalue weighted by Crippen LogP contribution is 2.30. The first-order valence-electron chi connectivity index (χ1n) is 18.6. The first kappa shape index (κ1) is 36.9. The van der Waals surface area contributed by atoms with Gasteiger partial charge < -0.3 is 0 Å². The quantitative estimate of drug-likeness (QED) is 0.0942. The minimum absolute atomic E-state index is 0.711. The SMILES string of the molecule is CCCCCCCC(CCCCCCC)N1CC(C)N(C(CCCCCCC)CCCCCCC)C(CC)C1. The second-order valence-electron chi connectivity index (χ2n) is 13.4. The highest BCUT2D eigenvalue weighted by atomic mass is 15.3. The Morgan fingerprint density at radius 1 is 0.462 bits per heavy atom. The Bertz CT molecular complexity index is 478. The lowest BCUT2D eigenvalue weighted by atomic mass is 9.91. The molecule has 1 heterocycles. The third-order valence-corrected chi connectivity index (χ3v) is 9.85. The fourth-order valence-corrected chi connectivity index (χ4v) is 7.42. The Labute approximate surface area is 248 Å². The summed E-state index contributed by atoms with van der Waals surface area (Å²) in [6, 6.07) is 3.11. The lowest BCUT2D eigenvalue weighted by molar-refractivity contribution is -0.0281.